The number of benzene rings is 2. The topological polar surface area (TPSA) is 88.1 Å². The number of alkyl halides is 3. The number of aliphatic hydroxyl groups is 1. The molecule has 1 saturated heterocycles. The number of ketones is 1. The first-order valence-corrected chi connectivity index (χ1v) is 11.7. The average Bonchev–Trinajstić information content (AvgIpc) is 3.40. The van der Waals surface area contributed by atoms with Crippen molar-refractivity contribution in [3.8, 4) is 11.5 Å². The van der Waals surface area contributed by atoms with E-state index in [0.717, 1.165) is 11.3 Å². The molecule has 4 rings (SSSR count). The smallest absolute Gasteiger partial charge is 0.437 e. The van der Waals surface area contributed by atoms with Crippen LogP contribution in [0.5, 0.6) is 11.5 Å². The number of thiophene rings is 1. The van der Waals surface area contributed by atoms with Crippen LogP contribution in [0.15, 0.2) is 66.0 Å². The molecule has 0 unspecified atom stereocenters. The van der Waals surface area contributed by atoms with Crippen LogP contribution in [0.3, 0.4) is 0 Å². The van der Waals surface area contributed by atoms with Gasteiger partial charge < -0.3 is 19.9 Å². The summed E-state index contributed by atoms with van der Waals surface area (Å²) in [5.74, 6) is -2.92. The Labute approximate surface area is 209 Å². The molecule has 3 atom stereocenters. The Hall–Kier alpha value is -3.57. The van der Waals surface area contributed by atoms with E-state index in [4.69, 9.17) is 9.47 Å². The summed E-state index contributed by atoms with van der Waals surface area (Å²) in [6.45, 7) is -0.584. The zero-order valence-corrected chi connectivity index (χ0v) is 20.1. The third-order valence-corrected chi connectivity index (χ3v) is 7.00. The van der Waals surface area contributed by atoms with Crippen LogP contribution in [0.1, 0.15) is 26.8 Å². The predicted molar refractivity (Wildman–Crippen MR) is 126 cm³/mol. The van der Waals surface area contributed by atoms with Gasteiger partial charge in [-0.3, -0.25) is 9.69 Å². The summed E-state index contributed by atoms with van der Waals surface area (Å²) in [6.07, 6.45) is -5.39. The molecule has 3 aromatic rings. The van der Waals surface area contributed by atoms with E-state index in [1.54, 1.807) is 23.6 Å². The molecule has 1 aliphatic rings. The number of carbonyl (C=O) groups is 2. The Kier molecular flexibility index (Phi) is 6.96. The van der Waals surface area contributed by atoms with Gasteiger partial charge >= 0.3 is 12.2 Å². The van der Waals surface area contributed by atoms with Crippen molar-refractivity contribution >= 4 is 23.2 Å². The van der Waals surface area contributed by atoms with Crippen LogP contribution >= 0.6 is 11.3 Å². The van der Waals surface area contributed by atoms with Gasteiger partial charge in [0.2, 0.25) is 0 Å². The van der Waals surface area contributed by atoms with Crippen LogP contribution in [0.4, 0.5) is 18.0 Å². The van der Waals surface area contributed by atoms with Crippen LogP contribution < -0.4 is 14.8 Å². The van der Waals surface area contributed by atoms with Crippen molar-refractivity contribution in [1.82, 2.24) is 10.2 Å². The molecule has 190 valence electrons. The minimum atomic E-state index is -5.39. The van der Waals surface area contributed by atoms with E-state index in [9.17, 15) is 27.9 Å². The molecule has 11 heteroatoms. The Morgan fingerprint density at radius 2 is 1.81 bits per heavy atom. The molecule has 2 aromatic carbocycles. The van der Waals surface area contributed by atoms with Gasteiger partial charge in [-0.2, -0.15) is 13.2 Å². The number of carbonyl (C=O) groups excluding carboxylic acids is 2. The van der Waals surface area contributed by atoms with Crippen LogP contribution in [-0.4, -0.2) is 47.9 Å². The van der Waals surface area contributed by atoms with Crippen LogP contribution in [0, 0.1) is 5.92 Å². The molecule has 7 nitrogen and oxygen atoms in total. The quantitative estimate of drug-likeness (QED) is 0.438. The molecule has 0 spiro atoms. The second kappa shape index (κ2) is 9.82. The summed E-state index contributed by atoms with van der Waals surface area (Å²) in [6, 6.07) is 12.5. The number of rotatable bonds is 7. The number of amides is 2. The summed E-state index contributed by atoms with van der Waals surface area (Å²) in [4.78, 5) is 27.2. The molecule has 0 bridgehead atoms. The third kappa shape index (κ3) is 4.28. The lowest BCUT2D eigenvalue weighted by Crippen LogP contribution is -2.73. The second-order valence-corrected chi connectivity index (χ2v) is 9.07. The van der Waals surface area contributed by atoms with E-state index in [-0.39, 0.29) is 26.8 Å². The number of hydrogen-bond donors (Lipinski definition) is 2. The molecule has 0 radical (unpaired) electrons. The monoisotopic (exact) mass is 520 g/mol. The highest BCUT2D eigenvalue weighted by atomic mass is 32.1. The highest BCUT2D eigenvalue weighted by Crippen LogP contribution is 2.51. The Morgan fingerprint density at radius 1 is 1.08 bits per heavy atom. The van der Waals surface area contributed by atoms with Gasteiger partial charge in [-0.05, 0) is 23.1 Å². The Morgan fingerprint density at radius 3 is 2.39 bits per heavy atom. The van der Waals surface area contributed by atoms with Crippen molar-refractivity contribution in [1.29, 1.82) is 0 Å². The van der Waals surface area contributed by atoms with Crippen molar-refractivity contribution in [3.05, 3.63) is 82.0 Å². The molecule has 2 N–H and O–H groups in total. The van der Waals surface area contributed by atoms with Gasteiger partial charge in [0.15, 0.2) is 17.3 Å². The molecular formula is C25H23F3N2O5S. The first-order chi connectivity index (χ1) is 17.1. The molecule has 0 saturated carbocycles. The lowest BCUT2D eigenvalue weighted by Gasteiger charge is -2.51. The Balaban J connectivity index is 1.94. The first kappa shape index (κ1) is 25.5. The highest BCUT2D eigenvalue weighted by Gasteiger charge is 2.70. The number of urea groups is 1. The maximum Gasteiger partial charge on any atom is 0.437 e. The Bertz CT molecular complexity index is 1240. The van der Waals surface area contributed by atoms with E-state index in [2.05, 4.69) is 5.32 Å². The third-order valence-electron chi connectivity index (χ3n) is 6.12. The molecule has 1 aromatic heterocycles. The van der Waals surface area contributed by atoms with Gasteiger partial charge in [0.1, 0.15) is 5.92 Å². The maximum atomic E-state index is 14.8. The molecule has 2 amide bonds. The van der Waals surface area contributed by atoms with Gasteiger partial charge in [0.05, 0.1) is 31.7 Å². The normalized spacial score (nSPS) is 22.2. The number of ether oxygens (including phenoxy) is 2. The van der Waals surface area contributed by atoms with Gasteiger partial charge in [-0.15, -0.1) is 11.3 Å². The molecule has 1 fully saturated rings. The fraction of sp³-hybridized carbons (Fsp3) is 0.280. The standard InChI is InChI=1S/C25H23F3N2O5S/c1-34-17-11-6-10-16(22(17)35-2)20-19(21(31)18-12-7-13-36-18)24(33,25(26,27)28)30(23(32)29-20)14-15-8-4-3-5-9-15/h3-13,19-20,33H,14H2,1-2H3,(H,29,32)/t19-,20+,24+/m0/s1. The number of methoxy groups -OCH3 is 2. The van der Waals surface area contributed by atoms with Crippen molar-refractivity contribution in [2.75, 3.05) is 14.2 Å². The zero-order chi connectivity index (χ0) is 26.1. The summed E-state index contributed by atoms with van der Waals surface area (Å²) in [5, 5.41) is 15.6. The number of halogens is 3. The SMILES string of the molecule is COc1cccc([C@H]2NC(=O)N(Cc3ccccc3)[C@](O)(C(F)(F)F)[C@@H]2C(=O)c2cccs2)c1OC. The number of hydrogen-bond acceptors (Lipinski definition) is 6. The fourth-order valence-corrected chi connectivity index (χ4v) is 5.16. The van der Waals surface area contributed by atoms with E-state index in [1.165, 1.54) is 56.7 Å². The van der Waals surface area contributed by atoms with Gasteiger partial charge in [0.25, 0.3) is 5.72 Å². The molecule has 2 heterocycles. The lowest BCUT2D eigenvalue weighted by molar-refractivity contribution is -0.328. The van der Waals surface area contributed by atoms with E-state index in [1.807, 2.05) is 0 Å². The maximum absolute atomic E-state index is 14.8. The van der Waals surface area contributed by atoms with Crippen molar-refractivity contribution < 1.29 is 37.3 Å². The molecule has 36 heavy (non-hydrogen) atoms. The van der Waals surface area contributed by atoms with E-state index >= 15 is 0 Å². The average molecular weight is 521 g/mol. The fourth-order valence-electron chi connectivity index (χ4n) is 4.46. The second-order valence-electron chi connectivity index (χ2n) is 8.12. The van der Waals surface area contributed by atoms with Crippen molar-refractivity contribution in [2.24, 2.45) is 5.92 Å². The van der Waals surface area contributed by atoms with E-state index < -0.39 is 42.2 Å². The number of Topliss-reactive ketones (excluding diaryl/α,β-unsaturated/α-hetero) is 1. The summed E-state index contributed by atoms with van der Waals surface area (Å²) in [5.41, 5.74) is -3.44. The van der Waals surface area contributed by atoms with Crippen molar-refractivity contribution in [3.63, 3.8) is 0 Å². The summed E-state index contributed by atoms with van der Waals surface area (Å²) < 4.78 is 55.2. The lowest BCUT2D eigenvalue weighted by atomic mass is 9.77. The van der Waals surface area contributed by atoms with Crippen LogP contribution in [-0.2, 0) is 6.54 Å². The van der Waals surface area contributed by atoms with Crippen LogP contribution in [0.2, 0.25) is 0 Å². The number of nitrogens with one attached hydrogen (secondary N) is 1. The molecule has 0 aliphatic carbocycles. The van der Waals surface area contributed by atoms with Crippen LogP contribution in [0.25, 0.3) is 0 Å². The predicted octanol–water partition coefficient (Wildman–Crippen LogP) is 4.78. The zero-order valence-electron chi connectivity index (χ0n) is 19.3. The van der Waals surface area contributed by atoms with Gasteiger partial charge in [-0.25, -0.2) is 4.79 Å². The van der Waals surface area contributed by atoms with Gasteiger partial charge in [0, 0.05) is 5.56 Å². The summed E-state index contributed by atoms with van der Waals surface area (Å²) >= 11 is 0.942. The number of para-hydroxylation sites is 1. The minimum absolute atomic E-state index is 0.00495. The molecular weight excluding hydrogens is 497 g/mol. The number of nitrogens with zero attached hydrogens (tertiary/aromatic N) is 1. The highest BCUT2D eigenvalue weighted by molar-refractivity contribution is 7.12. The first-order valence-electron chi connectivity index (χ1n) is 10.8. The largest absolute Gasteiger partial charge is 0.493 e. The van der Waals surface area contributed by atoms with Crippen molar-refractivity contribution in [2.45, 2.75) is 24.5 Å². The minimum Gasteiger partial charge on any atom is -0.493 e. The van der Waals surface area contributed by atoms with E-state index in [0.29, 0.717) is 5.56 Å². The van der Waals surface area contributed by atoms with Gasteiger partial charge in [-0.1, -0.05) is 48.5 Å². The molecule has 1 aliphatic heterocycles. The summed E-state index contributed by atoms with van der Waals surface area (Å²) in [7, 11) is 2.64.